The van der Waals surface area contributed by atoms with E-state index in [1.54, 1.807) is 0 Å². The summed E-state index contributed by atoms with van der Waals surface area (Å²) >= 11 is 0. The lowest BCUT2D eigenvalue weighted by Gasteiger charge is -2.06. The van der Waals surface area contributed by atoms with Crippen LogP contribution < -0.4 is 0 Å². The van der Waals surface area contributed by atoms with Crippen LogP contribution in [0.5, 0.6) is 0 Å². The van der Waals surface area contributed by atoms with Crippen LogP contribution in [-0.4, -0.2) is 16.5 Å². The maximum Gasteiger partial charge on any atom is 0.294 e. The summed E-state index contributed by atoms with van der Waals surface area (Å²) in [6.45, 7) is 3.97. The molecule has 0 aliphatic rings. The summed E-state index contributed by atoms with van der Waals surface area (Å²) in [7, 11) is 0.528. The molecule has 0 spiro atoms. The van der Waals surface area contributed by atoms with Gasteiger partial charge in [0, 0.05) is 0 Å². The number of carbonyl (C=O) groups excluding carboxylic acids is 1. The van der Waals surface area contributed by atoms with Crippen LogP contribution in [0.2, 0.25) is 0 Å². The molecule has 0 radical (unpaired) electrons. The highest BCUT2D eigenvalue weighted by Crippen LogP contribution is 2.05. The maximum atomic E-state index is 10.7. The minimum atomic E-state index is -0.0384. The van der Waals surface area contributed by atoms with Crippen LogP contribution in [0.25, 0.3) is 0 Å². The molecule has 0 aromatic heterocycles. The van der Waals surface area contributed by atoms with E-state index in [9.17, 15) is 4.79 Å². The van der Waals surface area contributed by atoms with Crippen molar-refractivity contribution in [1.82, 2.24) is 0 Å². The molecule has 0 saturated heterocycles. The first-order valence-corrected chi connectivity index (χ1v) is 4.11. The van der Waals surface area contributed by atoms with Crippen molar-refractivity contribution >= 4 is 16.5 Å². The zero-order valence-corrected chi connectivity index (χ0v) is 8.31. The van der Waals surface area contributed by atoms with E-state index in [1.165, 1.54) is 0 Å². The fraction of sp³-hybridized carbons (Fsp3) is 0.833. The van der Waals surface area contributed by atoms with Gasteiger partial charge in [0.2, 0.25) is 10.5 Å². The molecule has 1 unspecified atom stereocenters. The Balaban J connectivity index is 3.45. The second kappa shape index (κ2) is 4.55. The van der Waals surface area contributed by atoms with Gasteiger partial charge in [-0.05, 0) is 6.42 Å². The Hall–Kier alpha value is -0.313. The molecule has 3 heteroatoms. The first-order chi connectivity index (χ1) is 4.22. The maximum absolute atomic E-state index is 10.7. The van der Waals surface area contributed by atoms with E-state index < -0.39 is 0 Å². The minimum Gasteiger partial charge on any atom is -0.529 e. The van der Waals surface area contributed by atoms with E-state index in [2.05, 4.69) is 11.3 Å². The molecule has 0 aliphatic heterocycles. The van der Waals surface area contributed by atoms with Gasteiger partial charge in [0.05, 0.1) is 5.92 Å². The van der Waals surface area contributed by atoms with Crippen LogP contribution in [0.4, 0.5) is 0 Å². The third kappa shape index (κ3) is 3.29. The lowest BCUT2D eigenvalue weighted by molar-refractivity contribution is -0.138. The second-order valence-electron chi connectivity index (χ2n) is 2.21. The number of rotatable bonds is 3. The van der Waals surface area contributed by atoms with Gasteiger partial charge in [-0.1, -0.05) is 20.3 Å². The SMILES string of the molecule is CCCC(C)C(=O)O[SiH3]. The summed E-state index contributed by atoms with van der Waals surface area (Å²) in [5.74, 6) is 0.0658. The molecule has 0 saturated carbocycles. The van der Waals surface area contributed by atoms with Crippen molar-refractivity contribution in [3.05, 3.63) is 0 Å². The van der Waals surface area contributed by atoms with Crippen molar-refractivity contribution in [2.75, 3.05) is 0 Å². The van der Waals surface area contributed by atoms with Gasteiger partial charge in [0.15, 0.2) is 0 Å². The average Bonchev–Trinajstić information content (AvgIpc) is 1.87. The van der Waals surface area contributed by atoms with Crippen molar-refractivity contribution < 1.29 is 9.22 Å². The molecule has 0 aliphatic carbocycles. The van der Waals surface area contributed by atoms with Crippen LogP contribution in [0.1, 0.15) is 26.7 Å². The Morgan fingerprint density at radius 2 is 2.33 bits per heavy atom. The summed E-state index contributed by atoms with van der Waals surface area (Å²) in [5.41, 5.74) is 0. The predicted molar refractivity (Wildman–Crippen MR) is 40.1 cm³/mol. The quantitative estimate of drug-likeness (QED) is 0.533. The van der Waals surface area contributed by atoms with Crippen LogP contribution in [0.3, 0.4) is 0 Å². The van der Waals surface area contributed by atoms with Crippen LogP contribution in [0.15, 0.2) is 0 Å². The van der Waals surface area contributed by atoms with Gasteiger partial charge in [-0.3, -0.25) is 4.79 Å². The van der Waals surface area contributed by atoms with Crippen LogP contribution in [-0.2, 0) is 9.22 Å². The smallest absolute Gasteiger partial charge is 0.294 e. The van der Waals surface area contributed by atoms with E-state index in [-0.39, 0.29) is 11.9 Å². The van der Waals surface area contributed by atoms with Gasteiger partial charge < -0.3 is 4.43 Å². The third-order valence-electron chi connectivity index (χ3n) is 1.33. The standard InChI is InChI=1S/C6H14O2Si/c1-3-4-5(2)6(7)8-9/h5H,3-4H2,1-2,9H3. The zero-order valence-electron chi connectivity index (χ0n) is 6.31. The van der Waals surface area contributed by atoms with Crippen molar-refractivity contribution in [1.29, 1.82) is 0 Å². The molecule has 0 N–H and O–H groups in total. The summed E-state index contributed by atoms with van der Waals surface area (Å²) in [6.07, 6.45) is 2.00. The Kier molecular flexibility index (Phi) is 4.40. The van der Waals surface area contributed by atoms with Crippen LogP contribution in [0, 0.1) is 5.92 Å². The predicted octanol–water partition coefficient (Wildman–Crippen LogP) is 0.246. The number of hydrogen-bond acceptors (Lipinski definition) is 2. The molecular weight excluding hydrogens is 132 g/mol. The van der Waals surface area contributed by atoms with Gasteiger partial charge in [-0.15, -0.1) is 0 Å². The first-order valence-electron chi connectivity index (χ1n) is 3.30. The molecule has 0 fully saturated rings. The molecule has 0 rings (SSSR count). The molecule has 9 heavy (non-hydrogen) atoms. The van der Waals surface area contributed by atoms with Crippen molar-refractivity contribution in [2.45, 2.75) is 26.7 Å². The Morgan fingerprint density at radius 1 is 1.78 bits per heavy atom. The van der Waals surface area contributed by atoms with Crippen LogP contribution >= 0.6 is 0 Å². The number of carbonyl (C=O) groups is 1. The highest BCUT2D eigenvalue weighted by molar-refractivity contribution is 6.05. The fourth-order valence-corrected chi connectivity index (χ4v) is 1.15. The molecule has 54 valence electrons. The molecule has 0 heterocycles. The topological polar surface area (TPSA) is 26.3 Å². The summed E-state index contributed by atoms with van der Waals surface area (Å²) in [4.78, 5) is 10.7. The molecule has 1 atom stereocenters. The Morgan fingerprint density at radius 3 is 2.67 bits per heavy atom. The monoisotopic (exact) mass is 146 g/mol. The molecule has 0 aromatic carbocycles. The lowest BCUT2D eigenvalue weighted by Crippen LogP contribution is -2.12. The Bertz CT molecular complexity index is 93.1. The summed E-state index contributed by atoms with van der Waals surface area (Å²) in [6, 6.07) is 0. The van der Waals surface area contributed by atoms with Gasteiger partial charge in [-0.25, -0.2) is 0 Å². The first kappa shape index (κ1) is 8.69. The largest absolute Gasteiger partial charge is 0.529 e. The van der Waals surface area contributed by atoms with Crippen molar-refractivity contribution in [3.63, 3.8) is 0 Å². The fourth-order valence-electron chi connectivity index (χ4n) is 0.752. The minimum absolute atomic E-state index is 0.0384. The van der Waals surface area contributed by atoms with Gasteiger partial charge in [0.1, 0.15) is 0 Å². The van der Waals surface area contributed by atoms with E-state index in [1.807, 2.05) is 6.92 Å². The average molecular weight is 146 g/mol. The second-order valence-corrected chi connectivity index (χ2v) is 2.62. The van der Waals surface area contributed by atoms with Crippen molar-refractivity contribution in [2.24, 2.45) is 5.92 Å². The van der Waals surface area contributed by atoms with Gasteiger partial charge in [0.25, 0.3) is 5.97 Å². The van der Waals surface area contributed by atoms with Gasteiger partial charge >= 0.3 is 0 Å². The highest BCUT2D eigenvalue weighted by atomic mass is 28.2. The molecule has 0 amide bonds. The van der Waals surface area contributed by atoms with E-state index in [0.29, 0.717) is 10.5 Å². The lowest BCUT2D eigenvalue weighted by atomic mass is 10.1. The summed E-state index contributed by atoms with van der Waals surface area (Å²) in [5, 5.41) is 0. The summed E-state index contributed by atoms with van der Waals surface area (Å²) < 4.78 is 4.66. The molecule has 0 aromatic rings. The van der Waals surface area contributed by atoms with Crippen molar-refractivity contribution in [3.8, 4) is 0 Å². The number of hydrogen-bond donors (Lipinski definition) is 0. The highest BCUT2D eigenvalue weighted by Gasteiger charge is 2.09. The van der Waals surface area contributed by atoms with Gasteiger partial charge in [-0.2, -0.15) is 0 Å². The van der Waals surface area contributed by atoms with E-state index >= 15 is 0 Å². The van der Waals surface area contributed by atoms with E-state index in [0.717, 1.165) is 12.8 Å². The normalized spacial score (nSPS) is 13.1. The molecule has 0 bridgehead atoms. The third-order valence-corrected chi connectivity index (χ3v) is 1.73. The van der Waals surface area contributed by atoms with E-state index in [4.69, 9.17) is 0 Å². The molecule has 2 nitrogen and oxygen atoms in total. The Labute approximate surface area is 59.1 Å². The zero-order chi connectivity index (χ0) is 7.28. The molecular formula is C6H14O2Si.